The van der Waals surface area contributed by atoms with Crippen LogP contribution in [0.4, 0.5) is 0 Å². The highest BCUT2D eigenvalue weighted by Gasteiger charge is 2.50. The largest absolute Gasteiger partial charge is 0.466 e. The van der Waals surface area contributed by atoms with Crippen LogP contribution >= 0.6 is 0 Å². The molecule has 2 atom stereocenters. The van der Waals surface area contributed by atoms with E-state index in [-0.39, 0.29) is 31.2 Å². The highest BCUT2D eigenvalue weighted by Crippen LogP contribution is 2.61. The number of carbonyl (C=O) groups excluding carboxylic acids is 2. The molecule has 4 bridgehead atoms. The van der Waals surface area contributed by atoms with Crippen molar-refractivity contribution in [2.45, 2.75) is 96.6 Å². The van der Waals surface area contributed by atoms with E-state index in [1.54, 1.807) is 6.92 Å². The van der Waals surface area contributed by atoms with E-state index < -0.39 is 11.8 Å². The zero-order valence-electron chi connectivity index (χ0n) is 19.3. The summed E-state index contributed by atoms with van der Waals surface area (Å²) >= 11 is 0. The van der Waals surface area contributed by atoms with Crippen molar-refractivity contribution in [3.63, 3.8) is 0 Å². The molecular weight excluding hydrogens is 396 g/mol. The molecule has 4 aliphatic carbocycles. The third kappa shape index (κ3) is 5.70. The van der Waals surface area contributed by atoms with Crippen molar-refractivity contribution in [2.24, 2.45) is 23.2 Å². The monoisotopic (exact) mass is 434 g/mol. The van der Waals surface area contributed by atoms with Gasteiger partial charge in [-0.05, 0) is 88.9 Å². The second-order valence-electron chi connectivity index (χ2n) is 11.1. The molecule has 0 spiro atoms. The Hall–Kier alpha value is -1.40. The second kappa shape index (κ2) is 8.86. The zero-order chi connectivity index (χ0) is 22.2. The summed E-state index contributed by atoms with van der Waals surface area (Å²) in [6, 6.07) is 0. The fraction of sp³-hybridized carbons (Fsp3) is 0.840. The summed E-state index contributed by atoms with van der Waals surface area (Å²) in [4.78, 5) is 24.2. The molecule has 5 fully saturated rings. The molecule has 6 heteroatoms. The lowest BCUT2D eigenvalue weighted by molar-refractivity contribution is -0.304. The van der Waals surface area contributed by atoms with E-state index in [0.29, 0.717) is 24.0 Å². The Bertz CT molecular complexity index is 676. The summed E-state index contributed by atoms with van der Waals surface area (Å²) in [6.07, 6.45) is 9.32. The third-order valence-corrected chi connectivity index (χ3v) is 7.63. The summed E-state index contributed by atoms with van der Waals surface area (Å²) in [5.74, 6) is 1.24. The van der Waals surface area contributed by atoms with Crippen molar-refractivity contribution in [3.8, 4) is 0 Å². The van der Waals surface area contributed by atoms with Crippen LogP contribution in [0.15, 0.2) is 12.2 Å². The quantitative estimate of drug-likeness (QED) is 0.412. The maximum Gasteiger partial charge on any atom is 0.333 e. The van der Waals surface area contributed by atoms with Crippen molar-refractivity contribution >= 4 is 11.9 Å². The van der Waals surface area contributed by atoms with Crippen molar-refractivity contribution in [3.05, 3.63) is 12.2 Å². The molecule has 0 N–H and O–H groups in total. The van der Waals surface area contributed by atoms with Crippen LogP contribution in [0.1, 0.15) is 78.6 Å². The van der Waals surface area contributed by atoms with Crippen molar-refractivity contribution in [1.29, 1.82) is 0 Å². The highest BCUT2D eigenvalue weighted by molar-refractivity contribution is 5.86. The normalized spacial score (nSPS) is 38.0. The summed E-state index contributed by atoms with van der Waals surface area (Å²) in [7, 11) is 0. The minimum Gasteiger partial charge on any atom is -0.466 e. The van der Waals surface area contributed by atoms with Crippen LogP contribution in [0, 0.1) is 23.2 Å². The Kier molecular flexibility index (Phi) is 6.51. The lowest BCUT2D eigenvalue weighted by Gasteiger charge is -2.57. The van der Waals surface area contributed by atoms with E-state index in [9.17, 15) is 9.59 Å². The van der Waals surface area contributed by atoms with Gasteiger partial charge in [-0.3, -0.25) is 4.79 Å². The maximum absolute atomic E-state index is 12.5. The van der Waals surface area contributed by atoms with Crippen LogP contribution in [0.3, 0.4) is 0 Å². The molecule has 2 unspecified atom stereocenters. The predicted octanol–water partition coefficient (Wildman–Crippen LogP) is 4.56. The first-order chi connectivity index (χ1) is 14.6. The fourth-order valence-electron chi connectivity index (χ4n) is 6.96. The smallest absolute Gasteiger partial charge is 0.333 e. The average molecular weight is 435 g/mol. The van der Waals surface area contributed by atoms with Gasteiger partial charge in [-0.25, -0.2) is 4.79 Å². The summed E-state index contributed by atoms with van der Waals surface area (Å²) in [6.45, 7) is 9.45. The molecular formula is C25H38O6. The lowest BCUT2D eigenvalue weighted by atomic mass is 9.49. The van der Waals surface area contributed by atoms with E-state index in [2.05, 4.69) is 6.58 Å². The summed E-state index contributed by atoms with van der Waals surface area (Å²) in [5.41, 5.74) is 0.773. The molecule has 31 heavy (non-hydrogen) atoms. The van der Waals surface area contributed by atoms with Gasteiger partial charge in [0.15, 0.2) is 5.79 Å². The molecule has 0 aromatic heterocycles. The first kappa shape index (κ1) is 22.8. The van der Waals surface area contributed by atoms with Gasteiger partial charge in [0.2, 0.25) is 0 Å². The number of ether oxygens (including phenoxy) is 4. The van der Waals surface area contributed by atoms with Gasteiger partial charge in [0.1, 0.15) is 6.61 Å². The third-order valence-electron chi connectivity index (χ3n) is 7.63. The topological polar surface area (TPSA) is 71.1 Å². The van der Waals surface area contributed by atoms with Gasteiger partial charge in [0, 0.05) is 12.0 Å². The molecule has 0 aromatic rings. The van der Waals surface area contributed by atoms with Crippen molar-refractivity contribution < 1.29 is 28.5 Å². The van der Waals surface area contributed by atoms with E-state index in [0.717, 1.165) is 24.2 Å². The fourth-order valence-corrected chi connectivity index (χ4v) is 6.96. The van der Waals surface area contributed by atoms with Crippen LogP contribution in [0.25, 0.3) is 0 Å². The van der Waals surface area contributed by atoms with Gasteiger partial charge in [-0.15, -0.1) is 0 Å². The van der Waals surface area contributed by atoms with Crippen LogP contribution in [-0.4, -0.2) is 43.1 Å². The van der Waals surface area contributed by atoms with Crippen molar-refractivity contribution in [1.82, 2.24) is 0 Å². The van der Waals surface area contributed by atoms with Gasteiger partial charge >= 0.3 is 11.9 Å². The molecule has 1 heterocycles. The number of carbonyl (C=O) groups is 2. The molecule has 0 radical (unpaired) electrons. The SMILES string of the molecule is C=C(C)C(=O)OCC1CC(CC(=O)OCCC23CC4CC(CC(C4)C2)C3)OC(C)(C)O1. The highest BCUT2D eigenvalue weighted by atomic mass is 16.7. The van der Waals surface area contributed by atoms with Crippen LogP contribution < -0.4 is 0 Å². The Morgan fingerprint density at radius 2 is 1.52 bits per heavy atom. The average Bonchev–Trinajstić information content (AvgIpc) is 2.63. The Labute approximate surface area is 186 Å². The van der Waals surface area contributed by atoms with E-state index >= 15 is 0 Å². The van der Waals surface area contributed by atoms with Gasteiger partial charge < -0.3 is 18.9 Å². The maximum atomic E-state index is 12.5. The van der Waals surface area contributed by atoms with Gasteiger partial charge in [0.05, 0.1) is 25.2 Å². The lowest BCUT2D eigenvalue weighted by Crippen LogP contribution is -2.47. The minimum absolute atomic E-state index is 0.121. The Morgan fingerprint density at radius 3 is 2.10 bits per heavy atom. The number of hydrogen-bond acceptors (Lipinski definition) is 6. The minimum atomic E-state index is -0.845. The van der Waals surface area contributed by atoms with Crippen LogP contribution in [0.5, 0.6) is 0 Å². The second-order valence-corrected chi connectivity index (χ2v) is 11.1. The number of hydrogen-bond donors (Lipinski definition) is 0. The van der Waals surface area contributed by atoms with Gasteiger partial charge in [-0.2, -0.15) is 0 Å². The number of rotatable bonds is 8. The molecule has 174 valence electrons. The molecule has 0 amide bonds. The summed E-state index contributed by atoms with van der Waals surface area (Å²) in [5, 5.41) is 0. The molecule has 6 nitrogen and oxygen atoms in total. The molecule has 5 aliphatic rings. The molecule has 0 aromatic carbocycles. The molecule has 1 aliphatic heterocycles. The Morgan fingerprint density at radius 1 is 0.935 bits per heavy atom. The van der Waals surface area contributed by atoms with E-state index in [1.807, 2.05) is 13.8 Å². The molecule has 5 rings (SSSR count). The first-order valence-corrected chi connectivity index (χ1v) is 12.0. The molecule has 1 saturated heterocycles. The van der Waals surface area contributed by atoms with E-state index in [1.165, 1.54) is 38.5 Å². The molecule has 4 saturated carbocycles. The zero-order valence-corrected chi connectivity index (χ0v) is 19.3. The standard InChI is InChI=1S/C25H38O6/c1-16(2)23(27)29-15-21-10-20(30-24(3,4)31-21)11-22(26)28-6-5-25-12-17-7-18(13-25)9-19(8-17)14-25/h17-21H,1,5-15H2,2-4H3. The van der Waals surface area contributed by atoms with Crippen LogP contribution in [0.2, 0.25) is 0 Å². The summed E-state index contributed by atoms with van der Waals surface area (Å²) < 4.78 is 22.7. The Balaban J connectivity index is 1.22. The van der Waals surface area contributed by atoms with Crippen LogP contribution in [-0.2, 0) is 28.5 Å². The number of esters is 2. The van der Waals surface area contributed by atoms with Crippen molar-refractivity contribution in [2.75, 3.05) is 13.2 Å². The first-order valence-electron chi connectivity index (χ1n) is 12.0. The van der Waals surface area contributed by atoms with Gasteiger partial charge in [-0.1, -0.05) is 6.58 Å². The van der Waals surface area contributed by atoms with Gasteiger partial charge in [0.25, 0.3) is 0 Å². The van der Waals surface area contributed by atoms with E-state index in [4.69, 9.17) is 18.9 Å². The predicted molar refractivity (Wildman–Crippen MR) is 115 cm³/mol.